The van der Waals surface area contributed by atoms with Crippen LogP contribution in [0.5, 0.6) is 0 Å². The van der Waals surface area contributed by atoms with Crippen LogP contribution in [-0.4, -0.2) is 0 Å². The van der Waals surface area contributed by atoms with Crippen LogP contribution in [0.2, 0.25) is 0 Å². The van der Waals surface area contributed by atoms with E-state index in [4.69, 9.17) is 0 Å². The highest BCUT2D eigenvalue weighted by molar-refractivity contribution is 5.14. The molecule has 0 aromatic heterocycles. The van der Waals surface area contributed by atoms with Crippen molar-refractivity contribution < 1.29 is 0 Å². The normalized spacial score (nSPS) is 13.4. The first-order valence-electron chi connectivity index (χ1n) is 40.6. The van der Waals surface area contributed by atoms with E-state index in [1.54, 1.807) is 22.3 Å². The molecule has 0 nitrogen and oxygen atoms in total. The highest BCUT2D eigenvalue weighted by atomic mass is 14.3. The molecular weight excluding hydrogens is 1190 g/mol. The van der Waals surface area contributed by atoms with Crippen LogP contribution in [0.3, 0.4) is 0 Å². The second-order valence-electron chi connectivity index (χ2n) is 34.4. The van der Waals surface area contributed by atoms with E-state index in [1.807, 2.05) is 6.08 Å². The Hall–Kier alpha value is -4.16. The summed E-state index contributed by atoms with van der Waals surface area (Å²) in [6.45, 7) is 86.2. The predicted octanol–water partition coefficient (Wildman–Crippen LogP) is 34.8. The molecule has 0 fully saturated rings. The molecule has 2 atom stereocenters. The van der Waals surface area contributed by atoms with Gasteiger partial charge in [-0.05, 0) is 329 Å². The van der Waals surface area contributed by atoms with Gasteiger partial charge in [0.1, 0.15) is 0 Å². The first kappa shape index (κ1) is 103. The molecule has 0 radical (unpaired) electrons. The van der Waals surface area contributed by atoms with E-state index in [2.05, 4.69) is 320 Å². The fourth-order valence-electron chi connectivity index (χ4n) is 12.0. The SMILES string of the molecule is C=C(CC/C=C(\C)CCC=C(C)C)C(CC(C)C)C(C)C.C=CC(=C)CC/C=C(\C)CCC=C(C)C.C=CC(CC/C=C(\C)CCC=C(C)C)(CC(C)C)C(C)C.CC(C)=CCC/C(C)=C/CC/C(=C/CC(C)C)CC(C)C.CC(C)=CCC/C(C)=C/CC/C(=C\CC(C)C)CC(C)C. The lowest BCUT2D eigenvalue weighted by atomic mass is 9.69. The Morgan fingerprint density at radius 1 is 0.313 bits per heavy atom. The van der Waals surface area contributed by atoms with E-state index in [0.29, 0.717) is 23.2 Å². The summed E-state index contributed by atoms with van der Waals surface area (Å²) in [4.78, 5) is 0. The van der Waals surface area contributed by atoms with Gasteiger partial charge in [-0.2, -0.15) is 0 Å². The second-order valence-corrected chi connectivity index (χ2v) is 34.4. The van der Waals surface area contributed by atoms with Gasteiger partial charge >= 0.3 is 0 Å². The lowest BCUT2D eigenvalue weighted by Gasteiger charge is -2.36. The molecule has 0 saturated heterocycles. The van der Waals surface area contributed by atoms with E-state index in [9.17, 15) is 0 Å². The summed E-state index contributed by atoms with van der Waals surface area (Å²) in [6.07, 6.45) is 63.8. The highest BCUT2D eigenvalue weighted by Gasteiger charge is 2.30. The van der Waals surface area contributed by atoms with Gasteiger partial charge in [0.2, 0.25) is 0 Å². The van der Waals surface area contributed by atoms with Crippen molar-refractivity contribution in [3.63, 3.8) is 0 Å². The molecule has 0 aromatic carbocycles. The number of rotatable bonds is 47. The molecule has 99 heavy (non-hydrogen) atoms. The van der Waals surface area contributed by atoms with E-state index >= 15 is 0 Å². The van der Waals surface area contributed by atoms with Crippen LogP contribution in [0.15, 0.2) is 189 Å². The van der Waals surface area contributed by atoms with Gasteiger partial charge in [0, 0.05) is 0 Å². The van der Waals surface area contributed by atoms with Crippen molar-refractivity contribution in [3.05, 3.63) is 189 Å². The summed E-state index contributed by atoms with van der Waals surface area (Å²) in [5.41, 5.74) is 20.9. The maximum Gasteiger partial charge on any atom is -0.00925 e. The lowest BCUT2D eigenvalue weighted by Crippen LogP contribution is -2.26. The Morgan fingerprint density at radius 2 is 0.606 bits per heavy atom. The summed E-state index contributed by atoms with van der Waals surface area (Å²) in [6, 6.07) is 0. The number of hydrogen-bond acceptors (Lipinski definition) is 0. The second kappa shape index (κ2) is 65.8. The molecule has 0 aliphatic rings. The van der Waals surface area contributed by atoms with Gasteiger partial charge in [-0.25, -0.2) is 0 Å². The molecule has 0 aromatic rings. The standard InChI is InChI=1S/4C21H38.C15H24/c1-16(2)11-9-12-19(7)13-10-14-20(8)21(18(5)6)15-17(3)4;2*1-17(2)10-8-11-20(7)12-9-13-21(16-19(5)6)15-14-18(3)4;1-9-21(19(6)7,16-18(4)5)15-11-14-20(8)13-10-12-17(2)3;1-6-14(4)10-8-12-15(5)11-7-9-13(2)3/h11,13,17-18,21H,8-10,12,14-15H2,1-7H3;2*10,12,15,18-19H,8-9,11,13-14,16H2,1-7H3;9,12,14,18-19H,1,10-11,13,15-16H2,2-8H3;6,9,12H,1,4,7-8,10-11H2,2-3,5H3/b19-13+;20-12+,21-15+;20-12+,21-15-;20-14+;15-12+. The Balaban J connectivity index is -0.000000374. The van der Waals surface area contributed by atoms with Gasteiger partial charge in [-0.1, -0.05) is 294 Å². The van der Waals surface area contributed by atoms with Gasteiger partial charge in [0.15, 0.2) is 0 Å². The summed E-state index contributed by atoms with van der Waals surface area (Å²) in [5, 5.41) is 0. The minimum absolute atomic E-state index is 0.296. The van der Waals surface area contributed by atoms with Crippen molar-refractivity contribution in [2.75, 3.05) is 0 Å². The van der Waals surface area contributed by atoms with E-state index < -0.39 is 0 Å². The molecule has 0 amide bonds. The third kappa shape index (κ3) is 74.8. The number of hydrogen-bond donors (Lipinski definition) is 0. The zero-order valence-corrected chi connectivity index (χ0v) is 73.0. The molecule has 0 aliphatic carbocycles. The van der Waals surface area contributed by atoms with Crippen LogP contribution in [0, 0.1) is 58.7 Å². The molecule has 0 heteroatoms. The molecule has 0 spiro atoms. The molecule has 2 unspecified atom stereocenters. The maximum absolute atomic E-state index is 4.37. The topological polar surface area (TPSA) is 0 Å². The molecule has 0 rings (SSSR count). The van der Waals surface area contributed by atoms with Gasteiger partial charge in [0.25, 0.3) is 0 Å². The quantitative estimate of drug-likeness (QED) is 0.0421. The summed E-state index contributed by atoms with van der Waals surface area (Å²) in [7, 11) is 0. The van der Waals surface area contributed by atoms with Crippen LogP contribution >= 0.6 is 0 Å². The average molecular weight is 1370 g/mol. The molecule has 0 saturated carbocycles. The van der Waals surface area contributed by atoms with Crippen molar-refractivity contribution in [3.8, 4) is 0 Å². The summed E-state index contributed by atoms with van der Waals surface area (Å²) in [5.74, 6) is 6.63. The Morgan fingerprint density at radius 3 is 0.848 bits per heavy atom. The largest absolute Gasteiger partial charge is 0.103 e. The zero-order valence-electron chi connectivity index (χ0n) is 73.0. The Bertz CT molecular complexity index is 2380. The molecule has 0 N–H and O–H groups in total. The van der Waals surface area contributed by atoms with Gasteiger partial charge in [0.05, 0.1) is 0 Å². The van der Waals surface area contributed by atoms with Crippen LogP contribution < -0.4 is 0 Å². The molecule has 0 bridgehead atoms. The van der Waals surface area contributed by atoms with Crippen LogP contribution in [-0.2, 0) is 0 Å². The first-order valence-corrected chi connectivity index (χ1v) is 40.6. The minimum Gasteiger partial charge on any atom is -0.103 e. The van der Waals surface area contributed by atoms with Crippen LogP contribution in [0.4, 0.5) is 0 Å². The average Bonchev–Trinajstić information content (AvgIpc) is 0.873. The minimum atomic E-state index is 0.296. The molecule has 572 valence electrons. The summed E-state index contributed by atoms with van der Waals surface area (Å²) >= 11 is 0. The van der Waals surface area contributed by atoms with E-state index in [1.165, 1.54) is 185 Å². The highest BCUT2D eigenvalue weighted by Crippen LogP contribution is 2.41. The van der Waals surface area contributed by atoms with Crippen LogP contribution in [0.1, 0.15) is 382 Å². The Kier molecular flexibility index (Phi) is 68.8. The Labute approximate surface area is 625 Å². The van der Waals surface area contributed by atoms with Crippen molar-refractivity contribution in [2.45, 2.75) is 382 Å². The first-order chi connectivity index (χ1) is 46.1. The van der Waals surface area contributed by atoms with Gasteiger partial charge in [-0.15, -0.1) is 6.58 Å². The van der Waals surface area contributed by atoms with Gasteiger partial charge < -0.3 is 0 Å². The van der Waals surface area contributed by atoms with Crippen molar-refractivity contribution in [1.82, 2.24) is 0 Å². The fraction of sp³-hybridized carbons (Fsp3) is 0.677. The third-order valence-corrected chi connectivity index (χ3v) is 18.2. The van der Waals surface area contributed by atoms with E-state index in [0.717, 1.165) is 73.2 Å². The predicted molar refractivity (Wildman–Crippen MR) is 465 cm³/mol. The zero-order chi connectivity index (χ0) is 77.1. The van der Waals surface area contributed by atoms with Crippen molar-refractivity contribution in [1.29, 1.82) is 0 Å². The van der Waals surface area contributed by atoms with Crippen molar-refractivity contribution in [2.24, 2.45) is 58.7 Å². The summed E-state index contributed by atoms with van der Waals surface area (Å²) < 4.78 is 0. The maximum atomic E-state index is 4.37. The lowest BCUT2D eigenvalue weighted by molar-refractivity contribution is 0.198. The van der Waals surface area contributed by atoms with Crippen molar-refractivity contribution >= 4 is 0 Å². The fourth-order valence-corrected chi connectivity index (χ4v) is 12.0. The monoisotopic (exact) mass is 1370 g/mol. The molecule has 0 aliphatic heterocycles. The van der Waals surface area contributed by atoms with Crippen LogP contribution in [0.25, 0.3) is 0 Å². The molecular formula is C99H176. The van der Waals surface area contributed by atoms with Gasteiger partial charge in [-0.3, -0.25) is 0 Å². The molecule has 0 heterocycles. The van der Waals surface area contributed by atoms with E-state index in [-0.39, 0.29) is 0 Å². The number of allylic oxidation sites excluding steroid dienone is 28. The smallest absolute Gasteiger partial charge is 0.00925 e. The third-order valence-electron chi connectivity index (χ3n) is 18.2.